The van der Waals surface area contributed by atoms with Gasteiger partial charge < -0.3 is 20.1 Å². The molecule has 0 aromatic heterocycles. The Balaban J connectivity index is 0. The molecule has 0 aliphatic carbocycles. The van der Waals surface area contributed by atoms with Gasteiger partial charge in [-0.1, -0.05) is 0 Å². The van der Waals surface area contributed by atoms with Crippen molar-refractivity contribution in [3.8, 4) is 0 Å². The zero-order valence-corrected chi connectivity index (χ0v) is 8.11. The second-order valence-electron chi connectivity index (χ2n) is 1.71. The van der Waals surface area contributed by atoms with E-state index in [1.807, 2.05) is 0 Å². The van der Waals surface area contributed by atoms with Crippen molar-refractivity contribution < 1.29 is 54.5 Å². The molecule has 0 bridgehead atoms. The standard InChI is InChI=1S/C5H8O5.Na/c6-1-3(2-7)4(8)5(9)10;/h3,6-7H,1-2H2,(H,9,10);/q;+1/p-1. The molecular formula is C5H7NaO5. The predicted octanol–water partition coefficient (Wildman–Crippen LogP) is -6.09. The van der Waals surface area contributed by atoms with Crippen molar-refractivity contribution in [2.45, 2.75) is 0 Å². The molecule has 0 aliphatic heterocycles. The van der Waals surface area contributed by atoms with Crippen LogP contribution < -0.4 is 34.7 Å². The largest absolute Gasteiger partial charge is 1.00 e. The first kappa shape index (κ1) is 13.6. The molecule has 11 heavy (non-hydrogen) atoms. The summed E-state index contributed by atoms with van der Waals surface area (Å²) in [5.74, 6) is -4.40. The number of carbonyl (C=O) groups is 2. The van der Waals surface area contributed by atoms with Crippen molar-refractivity contribution in [2.75, 3.05) is 13.2 Å². The minimum absolute atomic E-state index is 0. The minimum atomic E-state index is -1.88. The van der Waals surface area contributed by atoms with E-state index >= 15 is 0 Å². The molecule has 6 heteroatoms. The molecule has 0 heterocycles. The van der Waals surface area contributed by atoms with Gasteiger partial charge in [0, 0.05) is 0 Å². The number of Topliss-reactive ketones (excluding diaryl/α,β-unsaturated/α-hetero) is 1. The van der Waals surface area contributed by atoms with E-state index in [-0.39, 0.29) is 29.6 Å². The van der Waals surface area contributed by atoms with E-state index in [2.05, 4.69) is 0 Å². The summed E-state index contributed by atoms with van der Waals surface area (Å²) in [6.45, 7) is -1.35. The Kier molecular flexibility index (Phi) is 8.37. The number of aliphatic hydroxyl groups excluding tert-OH is 2. The number of aliphatic carboxylic acids is 1. The van der Waals surface area contributed by atoms with E-state index in [1.54, 1.807) is 0 Å². The quantitative estimate of drug-likeness (QED) is 0.323. The number of hydrogen-bond donors (Lipinski definition) is 2. The van der Waals surface area contributed by atoms with Crippen LogP contribution in [-0.2, 0) is 9.59 Å². The van der Waals surface area contributed by atoms with Gasteiger partial charge >= 0.3 is 29.6 Å². The molecule has 0 aromatic carbocycles. The van der Waals surface area contributed by atoms with E-state index in [0.29, 0.717) is 0 Å². The third-order valence-corrected chi connectivity index (χ3v) is 1.01. The Labute approximate surface area is 85.3 Å². The monoisotopic (exact) mass is 170 g/mol. The van der Waals surface area contributed by atoms with Crippen LogP contribution in [0.1, 0.15) is 0 Å². The van der Waals surface area contributed by atoms with E-state index in [4.69, 9.17) is 10.2 Å². The van der Waals surface area contributed by atoms with E-state index in [0.717, 1.165) is 0 Å². The van der Waals surface area contributed by atoms with Crippen LogP contribution in [-0.4, -0.2) is 35.2 Å². The summed E-state index contributed by atoms with van der Waals surface area (Å²) in [7, 11) is 0. The van der Waals surface area contributed by atoms with Crippen LogP contribution in [0.15, 0.2) is 0 Å². The Hall–Kier alpha value is 0.0600. The third-order valence-electron chi connectivity index (χ3n) is 1.01. The van der Waals surface area contributed by atoms with Gasteiger partial charge in [-0.3, -0.25) is 4.79 Å². The molecule has 0 spiro atoms. The molecule has 0 saturated carbocycles. The van der Waals surface area contributed by atoms with Crippen LogP contribution in [0.3, 0.4) is 0 Å². The van der Waals surface area contributed by atoms with Gasteiger partial charge in [-0.15, -0.1) is 0 Å². The van der Waals surface area contributed by atoms with Crippen LogP contribution in [0, 0.1) is 5.92 Å². The molecule has 5 nitrogen and oxygen atoms in total. The maximum Gasteiger partial charge on any atom is 1.00 e. The van der Waals surface area contributed by atoms with E-state index < -0.39 is 30.9 Å². The molecule has 0 amide bonds. The molecule has 2 N–H and O–H groups in total. The Morgan fingerprint density at radius 3 is 1.73 bits per heavy atom. The first-order valence-electron chi connectivity index (χ1n) is 2.60. The molecule has 0 unspecified atom stereocenters. The van der Waals surface area contributed by atoms with Crippen molar-refractivity contribution in [1.82, 2.24) is 0 Å². The summed E-state index contributed by atoms with van der Waals surface area (Å²) < 4.78 is 0. The average Bonchev–Trinajstić information content (AvgIpc) is 1.90. The molecule has 58 valence electrons. The van der Waals surface area contributed by atoms with Gasteiger partial charge in [-0.25, -0.2) is 0 Å². The SMILES string of the molecule is O=C([O-])C(=O)C(CO)CO.[Na+]. The van der Waals surface area contributed by atoms with Crippen molar-refractivity contribution in [3.63, 3.8) is 0 Å². The van der Waals surface area contributed by atoms with Gasteiger partial charge in [-0.2, -0.15) is 0 Å². The molecular weight excluding hydrogens is 163 g/mol. The maximum atomic E-state index is 10.3. The number of carboxylic acids is 1. The number of hydrogen-bond acceptors (Lipinski definition) is 5. The number of carbonyl (C=O) groups excluding carboxylic acids is 2. The number of aliphatic hydroxyl groups is 2. The van der Waals surface area contributed by atoms with Crippen molar-refractivity contribution in [3.05, 3.63) is 0 Å². The molecule has 0 atom stereocenters. The van der Waals surface area contributed by atoms with Crippen LogP contribution in [0.2, 0.25) is 0 Å². The van der Waals surface area contributed by atoms with E-state index in [9.17, 15) is 14.7 Å². The van der Waals surface area contributed by atoms with Crippen LogP contribution >= 0.6 is 0 Å². The molecule has 0 aliphatic rings. The summed E-state index contributed by atoms with van der Waals surface area (Å²) in [5, 5.41) is 26.3. The van der Waals surface area contributed by atoms with Gasteiger partial charge in [0.1, 0.15) is 5.97 Å². The van der Waals surface area contributed by atoms with Crippen molar-refractivity contribution >= 4 is 11.8 Å². The first-order valence-corrected chi connectivity index (χ1v) is 2.60. The van der Waals surface area contributed by atoms with Gasteiger partial charge in [0.2, 0.25) is 0 Å². The average molecular weight is 170 g/mol. The zero-order valence-electron chi connectivity index (χ0n) is 6.11. The Morgan fingerprint density at radius 1 is 1.27 bits per heavy atom. The second kappa shape index (κ2) is 6.75. The zero-order chi connectivity index (χ0) is 8.15. The van der Waals surface area contributed by atoms with Gasteiger partial charge in [0.15, 0.2) is 5.78 Å². The molecule has 0 radical (unpaired) electrons. The minimum Gasteiger partial charge on any atom is -0.542 e. The molecule has 0 rings (SSSR count). The fourth-order valence-corrected chi connectivity index (χ4v) is 0.390. The third kappa shape index (κ3) is 4.49. The molecule has 0 fully saturated rings. The summed E-state index contributed by atoms with van der Waals surface area (Å²) in [6, 6.07) is 0. The fourth-order valence-electron chi connectivity index (χ4n) is 0.390. The normalized spacial score (nSPS) is 9.00. The van der Waals surface area contributed by atoms with Crippen molar-refractivity contribution in [2.24, 2.45) is 5.92 Å². The first-order chi connectivity index (χ1) is 4.63. The molecule has 0 aromatic rings. The smallest absolute Gasteiger partial charge is 0.542 e. The summed E-state index contributed by atoms with van der Waals surface area (Å²) in [6.07, 6.45) is 0. The maximum absolute atomic E-state index is 10.3. The van der Waals surface area contributed by atoms with Crippen molar-refractivity contribution in [1.29, 1.82) is 0 Å². The predicted molar refractivity (Wildman–Crippen MR) is 27.7 cm³/mol. The summed E-state index contributed by atoms with van der Waals surface area (Å²) in [4.78, 5) is 20.1. The van der Waals surface area contributed by atoms with Crippen LogP contribution in [0.4, 0.5) is 0 Å². The van der Waals surface area contributed by atoms with E-state index in [1.165, 1.54) is 0 Å². The molecule has 0 saturated heterocycles. The number of rotatable bonds is 4. The number of ketones is 1. The summed E-state index contributed by atoms with van der Waals surface area (Å²) >= 11 is 0. The van der Waals surface area contributed by atoms with Crippen LogP contribution in [0.5, 0.6) is 0 Å². The number of carboxylic acid groups (broad SMARTS) is 1. The fraction of sp³-hybridized carbons (Fsp3) is 0.600. The van der Waals surface area contributed by atoms with Gasteiger partial charge in [0.25, 0.3) is 0 Å². The Bertz CT molecular complexity index is 142. The van der Waals surface area contributed by atoms with Gasteiger partial charge in [-0.05, 0) is 0 Å². The van der Waals surface area contributed by atoms with Crippen LogP contribution in [0.25, 0.3) is 0 Å². The summed E-state index contributed by atoms with van der Waals surface area (Å²) in [5.41, 5.74) is 0. The second-order valence-corrected chi connectivity index (χ2v) is 1.71. The van der Waals surface area contributed by atoms with Gasteiger partial charge in [0.05, 0.1) is 19.1 Å². The topological polar surface area (TPSA) is 97.7 Å². The Morgan fingerprint density at radius 2 is 1.64 bits per heavy atom.